The normalized spacial score (nSPS) is 14.6. The zero-order chi connectivity index (χ0) is 11.3. The molecule has 3 heteroatoms. The van der Waals surface area contributed by atoms with E-state index >= 15 is 0 Å². The van der Waals surface area contributed by atoms with Gasteiger partial charge in [-0.3, -0.25) is 0 Å². The fourth-order valence-corrected chi connectivity index (χ4v) is 1.74. The van der Waals surface area contributed by atoms with E-state index in [0.717, 1.165) is 17.2 Å². The van der Waals surface area contributed by atoms with Gasteiger partial charge in [0.15, 0.2) is 6.29 Å². The highest BCUT2D eigenvalue weighted by Gasteiger charge is 2.21. The van der Waals surface area contributed by atoms with Crippen molar-refractivity contribution in [1.29, 1.82) is 0 Å². The number of aldehydes is 1. The molecule has 0 heterocycles. The van der Waals surface area contributed by atoms with Crippen LogP contribution in [-0.4, -0.2) is 19.0 Å². The third kappa shape index (κ3) is 3.76. The Balaban J connectivity index is 2.60. The second kappa shape index (κ2) is 5.42. The van der Waals surface area contributed by atoms with E-state index in [1.165, 1.54) is 5.56 Å². The first-order valence-electron chi connectivity index (χ1n) is 4.85. The van der Waals surface area contributed by atoms with Crippen molar-refractivity contribution in [2.45, 2.75) is 25.4 Å². The van der Waals surface area contributed by atoms with Gasteiger partial charge in [0.05, 0.1) is 0 Å². The van der Waals surface area contributed by atoms with Crippen LogP contribution in [0, 0.1) is 0 Å². The third-order valence-corrected chi connectivity index (χ3v) is 3.01. The fraction of sp³-hybridized carbons (Fsp3) is 0.417. The van der Waals surface area contributed by atoms with Crippen molar-refractivity contribution in [2.75, 3.05) is 7.11 Å². The number of ether oxygens (including phenoxy) is 1. The zero-order valence-electron chi connectivity index (χ0n) is 9.00. The van der Waals surface area contributed by atoms with Crippen LogP contribution in [0.3, 0.4) is 0 Å². The van der Waals surface area contributed by atoms with Crippen LogP contribution in [0.5, 0.6) is 0 Å². The summed E-state index contributed by atoms with van der Waals surface area (Å²) < 4.78 is 6.22. The molecule has 0 aliphatic rings. The minimum atomic E-state index is -0.664. The number of carbonyl (C=O) groups excluding carboxylic acids is 1. The number of hydrogen-bond acceptors (Lipinski definition) is 2. The lowest BCUT2D eigenvalue weighted by molar-refractivity contribution is -0.126. The monoisotopic (exact) mass is 270 g/mol. The van der Waals surface area contributed by atoms with Crippen molar-refractivity contribution < 1.29 is 9.53 Å². The van der Waals surface area contributed by atoms with Crippen molar-refractivity contribution in [3.63, 3.8) is 0 Å². The molecule has 1 rings (SSSR count). The van der Waals surface area contributed by atoms with E-state index < -0.39 is 5.60 Å². The molecule has 0 aliphatic carbocycles. The zero-order valence-corrected chi connectivity index (χ0v) is 10.6. The molecule has 1 aromatic carbocycles. The summed E-state index contributed by atoms with van der Waals surface area (Å²) in [6.45, 7) is 1.80. The van der Waals surface area contributed by atoms with E-state index in [0.29, 0.717) is 6.42 Å². The lowest BCUT2D eigenvalue weighted by Gasteiger charge is -2.20. The van der Waals surface area contributed by atoms with Crippen LogP contribution < -0.4 is 0 Å². The number of benzene rings is 1. The van der Waals surface area contributed by atoms with Crippen LogP contribution in [-0.2, 0) is 16.0 Å². The first-order chi connectivity index (χ1) is 7.09. The number of carbonyl (C=O) groups is 1. The molecule has 15 heavy (non-hydrogen) atoms. The van der Waals surface area contributed by atoms with Gasteiger partial charge in [0.25, 0.3) is 0 Å². The Morgan fingerprint density at radius 1 is 1.53 bits per heavy atom. The first-order valence-corrected chi connectivity index (χ1v) is 5.65. The van der Waals surface area contributed by atoms with Gasteiger partial charge in [-0.1, -0.05) is 28.1 Å². The Morgan fingerprint density at radius 3 is 2.80 bits per heavy atom. The molecule has 0 fully saturated rings. The van der Waals surface area contributed by atoms with Crippen LogP contribution in [0.4, 0.5) is 0 Å². The van der Waals surface area contributed by atoms with Gasteiger partial charge < -0.3 is 9.53 Å². The van der Waals surface area contributed by atoms with Crippen LogP contribution in [0.2, 0.25) is 0 Å². The molecule has 1 aromatic rings. The van der Waals surface area contributed by atoms with Gasteiger partial charge in [-0.25, -0.2) is 0 Å². The van der Waals surface area contributed by atoms with Crippen molar-refractivity contribution in [2.24, 2.45) is 0 Å². The number of rotatable bonds is 5. The summed E-state index contributed by atoms with van der Waals surface area (Å²) in [4.78, 5) is 10.8. The van der Waals surface area contributed by atoms with Crippen LogP contribution in [0.15, 0.2) is 28.7 Å². The van der Waals surface area contributed by atoms with E-state index in [9.17, 15) is 4.79 Å². The Kier molecular flexibility index (Phi) is 4.48. The minimum absolute atomic E-state index is 0.664. The second-order valence-corrected chi connectivity index (χ2v) is 4.68. The maximum absolute atomic E-state index is 10.8. The van der Waals surface area contributed by atoms with Crippen molar-refractivity contribution in [1.82, 2.24) is 0 Å². The van der Waals surface area contributed by atoms with Crippen molar-refractivity contribution in [3.05, 3.63) is 34.3 Å². The molecule has 1 atom stereocenters. The summed E-state index contributed by atoms with van der Waals surface area (Å²) in [7, 11) is 1.56. The molecule has 0 aliphatic heterocycles. The Morgan fingerprint density at radius 2 is 2.27 bits per heavy atom. The number of hydrogen-bond donors (Lipinski definition) is 0. The summed E-state index contributed by atoms with van der Waals surface area (Å²) >= 11 is 3.42. The molecular formula is C12H15BrO2. The highest BCUT2D eigenvalue weighted by Crippen LogP contribution is 2.18. The third-order valence-electron chi connectivity index (χ3n) is 2.51. The summed E-state index contributed by atoms with van der Waals surface area (Å²) in [5, 5.41) is 0. The minimum Gasteiger partial charge on any atom is -0.371 e. The van der Waals surface area contributed by atoms with E-state index in [1.807, 2.05) is 18.2 Å². The molecule has 0 bridgehead atoms. The van der Waals surface area contributed by atoms with Gasteiger partial charge in [0.1, 0.15) is 5.60 Å². The summed E-state index contributed by atoms with van der Waals surface area (Å²) in [5.41, 5.74) is 0.539. The average Bonchev–Trinajstić information content (AvgIpc) is 2.26. The molecule has 2 nitrogen and oxygen atoms in total. The van der Waals surface area contributed by atoms with Gasteiger partial charge in [-0.05, 0) is 37.5 Å². The Hall–Kier alpha value is -0.670. The van der Waals surface area contributed by atoms with Crippen LogP contribution >= 0.6 is 15.9 Å². The van der Waals surface area contributed by atoms with Gasteiger partial charge in [0, 0.05) is 11.6 Å². The van der Waals surface area contributed by atoms with Gasteiger partial charge >= 0.3 is 0 Å². The number of methoxy groups -OCH3 is 1. The molecule has 82 valence electrons. The maximum atomic E-state index is 10.8. The molecule has 0 N–H and O–H groups in total. The fourth-order valence-electron chi connectivity index (χ4n) is 1.29. The maximum Gasteiger partial charge on any atom is 0.151 e. The largest absolute Gasteiger partial charge is 0.371 e. The molecule has 0 spiro atoms. The highest BCUT2D eigenvalue weighted by atomic mass is 79.9. The molecule has 0 radical (unpaired) electrons. The summed E-state index contributed by atoms with van der Waals surface area (Å²) in [5.74, 6) is 0. The number of aryl methyl sites for hydroxylation is 1. The highest BCUT2D eigenvalue weighted by molar-refractivity contribution is 9.10. The topological polar surface area (TPSA) is 26.3 Å². The van der Waals surface area contributed by atoms with Gasteiger partial charge in [0.2, 0.25) is 0 Å². The van der Waals surface area contributed by atoms with E-state index in [4.69, 9.17) is 4.74 Å². The molecular weight excluding hydrogens is 256 g/mol. The molecule has 0 amide bonds. The van der Waals surface area contributed by atoms with E-state index in [2.05, 4.69) is 22.0 Å². The first kappa shape index (κ1) is 12.4. The molecule has 0 aromatic heterocycles. The lowest BCUT2D eigenvalue weighted by atomic mass is 9.98. The van der Waals surface area contributed by atoms with Crippen molar-refractivity contribution in [3.8, 4) is 0 Å². The van der Waals surface area contributed by atoms with Gasteiger partial charge in [-0.15, -0.1) is 0 Å². The Bertz CT molecular complexity index is 338. The SMILES string of the molecule is COC(C)(C=O)CCc1cccc(Br)c1. The molecule has 1 unspecified atom stereocenters. The second-order valence-electron chi connectivity index (χ2n) is 3.76. The standard InChI is InChI=1S/C12H15BrO2/c1-12(9-14,15-2)7-6-10-4-3-5-11(13)8-10/h3-5,8-9H,6-7H2,1-2H3. The predicted molar refractivity (Wildman–Crippen MR) is 63.9 cm³/mol. The average molecular weight is 271 g/mol. The lowest BCUT2D eigenvalue weighted by Crippen LogP contribution is -2.29. The Labute approximate surface area is 98.8 Å². The number of halogens is 1. The van der Waals surface area contributed by atoms with Crippen molar-refractivity contribution >= 4 is 22.2 Å². The van der Waals surface area contributed by atoms with E-state index in [-0.39, 0.29) is 0 Å². The smallest absolute Gasteiger partial charge is 0.151 e. The summed E-state index contributed by atoms with van der Waals surface area (Å²) in [6, 6.07) is 8.08. The molecule has 0 saturated carbocycles. The van der Waals surface area contributed by atoms with Gasteiger partial charge in [-0.2, -0.15) is 0 Å². The summed E-state index contributed by atoms with van der Waals surface area (Å²) in [6.07, 6.45) is 2.40. The van der Waals surface area contributed by atoms with Crippen LogP contribution in [0.25, 0.3) is 0 Å². The van der Waals surface area contributed by atoms with E-state index in [1.54, 1.807) is 14.0 Å². The van der Waals surface area contributed by atoms with Crippen LogP contribution in [0.1, 0.15) is 18.9 Å². The molecule has 0 saturated heterocycles. The quantitative estimate of drug-likeness (QED) is 0.769. The predicted octanol–water partition coefficient (Wildman–Crippen LogP) is 2.99.